The van der Waals surface area contributed by atoms with Gasteiger partial charge in [0.2, 0.25) is 0 Å². The first kappa shape index (κ1) is 14.0. The Morgan fingerprint density at radius 3 is 2.50 bits per heavy atom. The molecule has 0 aromatic heterocycles. The van der Waals surface area contributed by atoms with Crippen LogP contribution in [0.5, 0.6) is 5.75 Å². The zero-order valence-electron chi connectivity index (χ0n) is 10.5. The quantitative estimate of drug-likeness (QED) is 0.876. The first-order valence-electron chi connectivity index (χ1n) is 6.23. The summed E-state index contributed by atoms with van der Waals surface area (Å²) >= 11 is 18.5. The van der Waals surface area contributed by atoms with Gasteiger partial charge in [0.15, 0.2) is 0 Å². The van der Waals surface area contributed by atoms with Crippen LogP contribution in [0.25, 0.3) is 11.1 Å². The molecule has 2 aromatic carbocycles. The molecule has 20 heavy (non-hydrogen) atoms. The van der Waals surface area contributed by atoms with Crippen molar-refractivity contribution in [3.05, 3.63) is 51.0 Å². The molecule has 0 radical (unpaired) electrons. The van der Waals surface area contributed by atoms with Gasteiger partial charge in [0.1, 0.15) is 11.9 Å². The third kappa shape index (κ3) is 2.38. The summed E-state index contributed by atoms with van der Waals surface area (Å²) in [5, 5.41) is 1.53. The second-order valence-corrected chi connectivity index (χ2v) is 5.97. The molecule has 0 amide bonds. The van der Waals surface area contributed by atoms with Crippen molar-refractivity contribution < 1.29 is 4.74 Å². The minimum Gasteiger partial charge on any atom is -0.488 e. The number of para-hydroxylation sites is 1. The summed E-state index contributed by atoms with van der Waals surface area (Å²) in [6, 6.07) is 9.31. The van der Waals surface area contributed by atoms with E-state index in [1.54, 1.807) is 12.1 Å². The Kier molecular flexibility index (Phi) is 3.83. The number of hydrogen-bond donors (Lipinski definition) is 1. The van der Waals surface area contributed by atoms with Crippen molar-refractivity contribution >= 4 is 34.8 Å². The maximum absolute atomic E-state index is 6.29. The van der Waals surface area contributed by atoms with Crippen molar-refractivity contribution in [2.45, 2.75) is 12.5 Å². The molecule has 1 atom stereocenters. The molecule has 5 heteroatoms. The van der Waals surface area contributed by atoms with Crippen LogP contribution in [0.15, 0.2) is 30.3 Å². The van der Waals surface area contributed by atoms with Gasteiger partial charge in [0.05, 0.1) is 10.0 Å². The Balaban J connectivity index is 2.16. The molecule has 0 fully saturated rings. The van der Waals surface area contributed by atoms with Crippen LogP contribution in [-0.4, -0.2) is 12.6 Å². The molecule has 2 aromatic rings. The number of nitrogens with two attached hydrogens (primary N) is 1. The summed E-state index contributed by atoms with van der Waals surface area (Å²) in [7, 11) is 0. The van der Waals surface area contributed by atoms with Gasteiger partial charge >= 0.3 is 0 Å². The Bertz CT molecular complexity index is 649. The number of halogens is 3. The minimum absolute atomic E-state index is 0.0102. The summed E-state index contributed by atoms with van der Waals surface area (Å²) in [6.07, 6.45) is 0.818. The number of ether oxygens (including phenoxy) is 1. The van der Waals surface area contributed by atoms with E-state index in [2.05, 4.69) is 0 Å². The summed E-state index contributed by atoms with van der Waals surface area (Å²) < 4.78 is 5.91. The second-order valence-electron chi connectivity index (χ2n) is 4.72. The molecule has 1 aliphatic rings. The van der Waals surface area contributed by atoms with E-state index >= 15 is 0 Å². The fourth-order valence-electron chi connectivity index (χ4n) is 2.47. The maximum atomic E-state index is 6.29. The van der Waals surface area contributed by atoms with Gasteiger partial charge in [-0.3, -0.25) is 0 Å². The van der Waals surface area contributed by atoms with E-state index in [0.29, 0.717) is 21.6 Å². The Labute approximate surface area is 132 Å². The van der Waals surface area contributed by atoms with E-state index in [0.717, 1.165) is 28.9 Å². The van der Waals surface area contributed by atoms with Gasteiger partial charge in [-0.1, -0.05) is 53.0 Å². The lowest BCUT2D eigenvalue weighted by Gasteiger charge is -2.13. The van der Waals surface area contributed by atoms with Crippen molar-refractivity contribution in [2.75, 3.05) is 6.54 Å². The highest BCUT2D eigenvalue weighted by molar-refractivity contribution is 6.42. The molecular weight excluding hydrogens is 317 g/mol. The molecule has 2 N–H and O–H groups in total. The molecule has 0 spiro atoms. The molecule has 0 aliphatic carbocycles. The monoisotopic (exact) mass is 327 g/mol. The Morgan fingerprint density at radius 1 is 1.15 bits per heavy atom. The summed E-state index contributed by atoms with van der Waals surface area (Å²) in [6.45, 7) is 0.482. The molecule has 0 bridgehead atoms. The molecular formula is C15H12Cl3NO. The SMILES string of the molecule is NCC1Cc2cccc(-c3c(Cl)cc(Cl)cc3Cl)c2O1. The lowest BCUT2D eigenvalue weighted by Crippen LogP contribution is -2.24. The highest BCUT2D eigenvalue weighted by Gasteiger charge is 2.26. The normalized spacial score (nSPS) is 16.9. The molecule has 1 aliphatic heterocycles. The van der Waals surface area contributed by atoms with Crippen molar-refractivity contribution in [3.8, 4) is 16.9 Å². The van der Waals surface area contributed by atoms with Crippen LogP contribution in [0.2, 0.25) is 15.1 Å². The van der Waals surface area contributed by atoms with Gasteiger partial charge in [-0.25, -0.2) is 0 Å². The summed E-state index contributed by atoms with van der Waals surface area (Å²) in [5.41, 5.74) is 8.43. The third-order valence-corrected chi connectivity index (χ3v) is 4.18. The van der Waals surface area contributed by atoms with Gasteiger partial charge < -0.3 is 10.5 Å². The fraction of sp³-hybridized carbons (Fsp3) is 0.200. The minimum atomic E-state index is 0.0102. The largest absolute Gasteiger partial charge is 0.488 e. The number of rotatable bonds is 2. The van der Waals surface area contributed by atoms with Gasteiger partial charge in [0, 0.05) is 29.1 Å². The smallest absolute Gasteiger partial charge is 0.131 e. The number of benzene rings is 2. The average Bonchev–Trinajstić information content (AvgIpc) is 2.81. The predicted octanol–water partition coefficient (Wildman–Crippen LogP) is 4.58. The van der Waals surface area contributed by atoms with Gasteiger partial charge in [-0.15, -0.1) is 0 Å². The molecule has 1 unspecified atom stereocenters. The van der Waals surface area contributed by atoms with Crippen molar-refractivity contribution in [3.63, 3.8) is 0 Å². The molecule has 3 rings (SSSR count). The van der Waals surface area contributed by atoms with Gasteiger partial charge in [-0.05, 0) is 17.7 Å². The van der Waals surface area contributed by atoms with Crippen molar-refractivity contribution in [1.29, 1.82) is 0 Å². The van der Waals surface area contributed by atoms with Gasteiger partial charge in [0.25, 0.3) is 0 Å². The van der Waals surface area contributed by atoms with E-state index < -0.39 is 0 Å². The maximum Gasteiger partial charge on any atom is 0.131 e. The van der Waals surface area contributed by atoms with Crippen LogP contribution in [0.1, 0.15) is 5.56 Å². The second kappa shape index (κ2) is 5.45. The van der Waals surface area contributed by atoms with Crippen LogP contribution >= 0.6 is 34.8 Å². The van der Waals surface area contributed by atoms with Crippen LogP contribution in [0.4, 0.5) is 0 Å². The van der Waals surface area contributed by atoms with Crippen LogP contribution in [-0.2, 0) is 6.42 Å². The molecule has 1 heterocycles. The average molecular weight is 329 g/mol. The molecule has 2 nitrogen and oxygen atoms in total. The number of fused-ring (bicyclic) bond motifs is 1. The van der Waals surface area contributed by atoms with Crippen LogP contribution in [0.3, 0.4) is 0 Å². The molecule has 0 saturated carbocycles. The van der Waals surface area contributed by atoms with E-state index in [1.165, 1.54) is 0 Å². The first-order valence-corrected chi connectivity index (χ1v) is 7.37. The third-order valence-electron chi connectivity index (χ3n) is 3.37. The fourth-order valence-corrected chi connectivity index (χ4v) is 3.49. The zero-order chi connectivity index (χ0) is 14.3. The highest BCUT2D eigenvalue weighted by atomic mass is 35.5. The summed E-state index contributed by atoms with van der Waals surface area (Å²) in [4.78, 5) is 0. The van der Waals surface area contributed by atoms with E-state index in [-0.39, 0.29) is 6.10 Å². The van der Waals surface area contributed by atoms with E-state index in [9.17, 15) is 0 Å². The Morgan fingerprint density at radius 2 is 1.85 bits per heavy atom. The Hall–Kier alpha value is -0.930. The lowest BCUT2D eigenvalue weighted by molar-refractivity contribution is 0.242. The summed E-state index contributed by atoms with van der Waals surface area (Å²) in [5.74, 6) is 0.814. The van der Waals surface area contributed by atoms with E-state index in [4.69, 9.17) is 45.3 Å². The van der Waals surface area contributed by atoms with Crippen LogP contribution in [0, 0.1) is 0 Å². The van der Waals surface area contributed by atoms with E-state index in [1.807, 2.05) is 18.2 Å². The zero-order valence-corrected chi connectivity index (χ0v) is 12.8. The lowest BCUT2D eigenvalue weighted by atomic mass is 10.0. The standard InChI is InChI=1S/C15H12Cl3NO/c16-9-5-12(17)14(13(18)6-9)11-3-1-2-8-4-10(7-19)20-15(8)11/h1-3,5-6,10H,4,7,19H2. The highest BCUT2D eigenvalue weighted by Crippen LogP contribution is 2.45. The van der Waals surface area contributed by atoms with Gasteiger partial charge in [-0.2, -0.15) is 0 Å². The molecule has 104 valence electrons. The van der Waals surface area contributed by atoms with Crippen molar-refractivity contribution in [2.24, 2.45) is 5.73 Å². The van der Waals surface area contributed by atoms with Crippen molar-refractivity contribution in [1.82, 2.24) is 0 Å². The van der Waals surface area contributed by atoms with Crippen LogP contribution < -0.4 is 10.5 Å². The first-order chi connectivity index (χ1) is 9.60. The predicted molar refractivity (Wildman–Crippen MR) is 84.1 cm³/mol. The topological polar surface area (TPSA) is 35.2 Å². The number of hydrogen-bond acceptors (Lipinski definition) is 2. The molecule has 0 saturated heterocycles.